The number of nitrogens with zero attached hydrogens (tertiary/aromatic N) is 3. The lowest BCUT2D eigenvalue weighted by molar-refractivity contribution is 0.228. The van der Waals surface area contributed by atoms with Crippen LogP contribution in [0, 0.1) is 5.92 Å². The first-order valence-corrected chi connectivity index (χ1v) is 8.96. The number of fused-ring (bicyclic) bond motifs is 1. The summed E-state index contributed by atoms with van der Waals surface area (Å²) in [5, 5.41) is -0.0867. The number of benzene rings is 1. The summed E-state index contributed by atoms with van der Waals surface area (Å²) in [4.78, 5) is 10.9. The van der Waals surface area contributed by atoms with E-state index in [1.165, 1.54) is 0 Å². The molecule has 0 saturated heterocycles. The smallest absolute Gasteiger partial charge is 0.249 e. The minimum absolute atomic E-state index is 0.0867. The second-order valence-corrected chi connectivity index (χ2v) is 7.29. The summed E-state index contributed by atoms with van der Waals surface area (Å²) < 4.78 is 25.3. The van der Waals surface area contributed by atoms with Gasteiger partial charge < -0.3 is 4.90 Å². The van der Waals surface area contributed by atoms with Crippen molar-refractivity contribution < 1.29 is 8.42 Å². The number of sulfone groups is 1. The van der Waals surface area contributed by atoms with Gasteiger partial charge in [-0.1, -0.05) is 31.2 Å². The van der Waals surface area contributed by atoms with Crippen LogP contribution in [0.5, 0.6) is 0 Å². The third-order valence-electron chi connectivity index (χ3n) is 3.82. The zero-order chi connectivity index (χ0) is 15.6. The molecule has 0 amide bonds. The van der Waals surface area contributed by atoms with Crippen LogP contribution in [0.3, 0.4) is 0 Å². The molecule has 0 aliphatic carbocycles. The van der Waals surface area contributed by atoms with Crippen molar-refractivity contribution >= 4 is 21.2 Å². The maximum atomic E-state index is 12.6. The van der Waals surface area contributed by atoms with Crippen molar-refractivity contribution in [3.8, 4) is 0 Å². The van der Waals surface area contributed by atoms with Gasteiger partial charge in [0.25, 0.3) is 0 Å². The molecule has 2 heterocycles. The van der Waals surface area contributed by atoms with Crippen molar-refractivity contribution in [2.75, 3.05) is 6.54 Å². The topological polar surface area (TPSA) is 62.1 Å². The normalized spacial score (nSPS) is 24.0. The van der Waals surface area contributed by atoms with Gasteiger partial charge in [0.15, 0.2) is 0 Å². The quantitative estimate of drug-likeness (QED) is 0.860. The lowest BCUT2D eigenvalue weighted by atomic mass is 9.98. The third-order valence-corrected chi connectivity index (χ3v) is 5.41. The van der Waals surface area contributed by atoms with Crippen molar-refractivity contribution in [1.29, 1.82) is 0 Å². The van der Waals surface area contributed by atoms with Gasteiger partial charge in [0.05, 0.1) is 4.90 Å². The Morgan fingerprint density at radius 3 is 2.77 bits per heavy atom. The Balaban J connectivity index is 1.95. The Kier molecular flexibility index (Phi) is 4.11. The minimum Gasteiger partial charge on any atom is -0.356 e. The largest absolute Gasteiger partial charge is 0.356 e. The molecule has 0 aromatic heterocycles. The van der Waals surface area contributed by atoms with Crippen LogP contribution in [-0.4, -0.2) is 37.4 Å². The molecule has 1 aromatic rings. The molecule has 3 rings (SSSR count). The molecule has 0 radical (unpaired) electrons. The van der Waals surface area contributed by atoms with Gasteiger partial charge in [-0.05, 0) is 31.2 Å². The highest BCUT2D eigenvalue weighted by Gasteiger charge is 2.33. The summed E-state index contributed by atoms with van der Waals surface area (Å²) in [5.74, 6) is 0.145. The van der Waals surface area contributed by atoms with E-state index in [0.717, 1.165) is 19.4 Å². The van der Waals surface area contributed by atoms with E-state index in [9.17, 15) is 8.42 Å². The van der Waals surface area contributed by atoms with Gasteiger partial charge in [0, 0.05) is 18.7 Å². The highest BCUT2D eigenvalue weighted by molar-refractivity contribution is 8.06. The lowest BCUT2D eigenvalue weighted by Crippen LogP contribution is -2.42. The van der Waals surface area contributed by atoms with Crippen LogP contribution in [0.2, 0.25) is 0 Å². The first-order chi connectivity index (χ1) is 10.6. The molecule has 22 heavy (non-hydrogen) atoms. The molecule has 2 atom stereocenters. The van der Waals surface area contributed by atoms with Crippen molar-refractivity contribution in [3.63, 3.8) is 0 Å². The average molecular weight is 317 g/mol. The molecule has 2 aliphatic heterocycles. The molecule has 0 fully saturated rings. The van der Waals surface area contributed by atoms with Crippen molar-refractivity contribution in [2.24, 2.45) is 15.9 Å². The first kappa shape index (κ1) is 15.0. The molecule has 5 nitrogen and oxygen atoms in total. The Labute approximate surface area is 131 Å². The minimum atomic E-state index is -3.65. The van der Waals surface area contributed by atoms with E-state index in [-0.39, 0.29) is 22.1 Å². The Morgan fingerprint density at radius 1 is 1.27 bits per heavy atom. The standard InChI is InChI=1S/C16H19N3O2S/c1-2-10-19-11-6-7-13-12-17-16(18-15(13)19)22(20,21)14-8-4-3-5-9-14/h3-6,8-9,11-13,15H,2,7,10H2,1H3. The Morgan fingerprint density at radius 2 is 2.05 bits per heavy atom. The fraction of sp³-hybridized carbons (Fsp3) is 0.375. The van der Waals surface area contributed by atoms with Gasteiger partial charge in [-0.25, -0.2) is 18.4 Å². The molecule has 116 valence electrons. The molecular weight excluding hydrogens is 298 g/mol. The predicted octanol–water partition coefficient (Wildman–Crippen LogP) is 2.47. The number of hydrogen-bond donors (Lipinski definition) is 0. The van der Waals surface area contributed by atoms with Gasteiger partial charge in [0.1, 0.15) is 6.17 Å². The fourth-order valence-corrected chi connectivity index (χ4v) is 3.90. The highest BCUT2D eigenvalue weighted by atomic mass is 32.2. The number of aliphatic imine (C=N–C) groups is 2. The Bertz CT molecular complexity index is 723. The van der Waals surface area contributed by atoms with Gasteiger partial charge in [-0.15, -0.1) is 0 Å². The zero-order valence-electron chi connectivity index (χ0n) is 12.5. The maximum absolute atomic E-state index is 12.6. The van der Waals surface area contributed by atoms with E-state index in [2.05, 4.69) is 27.9 Å². The Hall–Kier alpha value is -1.95. The summed E-state index contributed by atoms with van der Waals surface area (Å²) in [6.07, 6.45) is 7.50. The van der Waals surface area contributed by atoms with Gasteiger partial charge in [-0.3, -0.25) is 0 Å². The van der Waals surface area contributed by atoms with Gasteiger partial charge in [-0.2, -0.15) is 0 Å². The number of allylic oxidation sites excluding steroid dienone is 1. The summed E-state index contributed by atoms with van der Waals surface area (Å²) in [6, 6.07) is 8.34. The first-order valence-electron chi connectivity index (χ1n) is 7.47. The predicted molar refractivity (Wildman–Crippen MR) is 87.6 cm³/mol. The number of hydrogen-bond acceptors (Lipinski definition) is 5. The second kappa shape index (κ2) is 6.04. The molecule has 2 aliphatic rings. The molecule has 1 aromatic carbocycles. The molecule has 0 N–H and O–H groups in total. The summed E-state index contributed by atoms with van der Waals surface area (Å²) >= 11 is 0. The zero-order valence-corrected chi connectivity index (χ0v) is 13.3. The highest BCUT2D eigenvalue weighted by Crippen LogP contribution is 2.26. The molecule has 6 heteroatoms. The van der Waals surface area contributed by atoms with Crippen LogP contribution in [-0.2, 0) is 9.84 Å². The van der Waals surface area contributed by atoms with Gasteiger partial charge >= 0.3 is 0 Å². The van der Waals surface area contributed by atoms with Crippen LogP contribution in [0.1, 0.15) is 19.8 Å². The molecule has 0 spiro atoms. The van der Waals surface area contributed by atoms with Crippen molar-refractivity contribution in [1.82, 2.24) is 4.90 Å². The van der Waals surface area contributed by atoms with E-state index in [0.29, 0.717) is 0 Å². The van der Waals surface area contributed by atoms with Crippen LogP contribution < -0.4 is 0 Å². The van der Waals surface area contributed by atoms with E-state index < -0.39 is 9.84 Å². The monoisotopic (exact) mass is 317 g/mol. The summed E-state index contributed by atoms with van der Waals surface area (Å²) in [7, 11) is -3.65. The van der Waals surface area contributed by atoms with Gasteiger partial charge in [0.2, 0.25) is 15.0 Å². The van der Waals surface area contributed by atoms with E-state index >= 15 is 0 Å². The lowest BCUT2D eigenvalue weighted by Gasteiger charge is -2.36. The maximum Gasteiger partial charge on any atom is 0.249 e. The second-order valence-electron chi connectivity index (χ2n) is 5.44. The summed E-state index contributed by atoms with van der Waals surface area (Å²) in [5.41, 5.74) is 0. The number of amidine groups is 1. The van der Waals surface area contributed by atoms with Crippen LogP contribution in [0.15, 0.2) is 57.5 Å². The van der Waals surface area contributed by atoms with Crippen molar-refractivity contribution in [3.05, 3.63) is 42.6 Å². The van der Waals surface area contributed by atoms with Crippen LogP contribution >= 0.6 is 0 Å². The van der Waals surface area contributed by atoms with E-state index in [1.807, 2.05) is 6.20 Å². The van der Waals surface area contributed by atoms with E-state index in [4.69, 9.17) is 0 Å². The molecule has 0 saturated carbocycles. The van der Waals surface area contributed by atoms with Crippen LogP contribution in [0.25, 0.3) is 0 Å². The SMILES string of the molecule is CCCN1C=CCC2C=NC(S(=O)(=O)c3ccccc3)=NC21. The fourth-order valence-electron chi connectivity index (χ4n) is 2.73. The van der Waals surface area contributed by atoms with Crippen LogP contribution in [0.4, 0.5) is 0 Å². The number of rotatable bonds is 3. The molecule has 2 unspecified atom stereocenters. The average Bonchev–Trinajstić information content (AvgIpc) is 2.56. The molecule has 0 bridgehead atoms. The van der Waals surface area contributed by atoms with Crippen molar-refractivity contribution in [2.45, 2.75) is 30.8 Å². The summed E-state index contributed by atoms with van der Waals surface area (Å²) in [6.45, 7) is 2.95. The third kappa shape index (κ3) is 2.70. The molecular formula is C16H19N3O2S. The van der Waals surface area contributed by atoms with E-state index in [1.54, 1.807) is 36.5 Å².